The highest BCUT2D eigenvalue weighted by Gasteiger charge is 2.16. The summed E-state index contributed by atoms with van der Waals surface area (Å²) in [7, 11) is 1.75. The second kappa shape index (κ2) is 9.38. The van der Waals surface area contributed by atoms with E-state index in [1.807, 2.05) is 11.3 Å². The average molecular weight is 311 g/mol. The van der Waals surface area contributed by atoms with Crippen molar-refractivity contribution in [2.75, 3.05) is 31.6 Å². The summed E-state index contributed by atoms with van der Waals surface area (Å²) >= 11 is 1.84. The molecule has 1 aliphatic heterocycles. The van der Waals surface area contributed by atoms with E-state index in [2.05, 4.69) is 17.1 Å². The molecule has 1 aliphatic rings. The number of hydrogen-bond donors (Lipinski definition) is 1. The van der Waals surface area contributed by atoms with Crippen LogP contribution in [0, 0.1) is 0 Å². The zero-order chi connectivity index (χ0) is 14.9. The molecular weight excluding hydrogens is 282 g/mol. The van der Waals surface area contributed by atoms with Crippen LogP contribution in [0.1, 0.15) is 56.0 Å². The topological polar surface area (TPSA) is 37.4 Å². The van der Waals surface area contributed by atoms with Crippen LogP contribution in [-0.2, 0) is 17.9 Å². The van der Waals surface area contributed by atoms with E-state index in [-0.39, 0.29) is 0 Å². The van der Waals surface area contributed by atoms with Gasteiger partial charge in [0.15, 0.2) is 5.13 Å². The van der Waals surface area contributed by atoms with Crippen molar-refractivity contribution in [1.29, 1.82) is 0 Å². The zero-order valence-electron chi connectivity index (χ0n) is 13.5. The monoisotopic (exact) mass is 311 g/mol. The predicted molar refractivity (Wildman–Crippen MR) is 90.1 cm³/mol. The molecule has 5 heteroatoms. The van der Waals surface area contributed by atoms with E-state index in [9.17, 15) is 0 Å². The number of nitrogens with one attached hydrogen (secondary N) is 1. The van der Waals surface area contributed by atoms with Crippen molar-refractivity contribution in [3.8, 4) is 0 Å². The van der Waals surface area contributed by atoms with Gasteiger partial charge in [-0.3, -0.25) is 0 Å². The van der Waals surface area contributed by atoms with E-state index in [1.165, 1.54) is 42.1 Å². The second-order valence-corrected chi connectivity index (χ2v) is 6.79. The Kier molecular flexibility index (Phi) is 7.47. The highest BCUT2D eigenvalue weighted by atomic mass is 32.1. The minimum absolute atomic E-state index is 0.619. The smallest absolute Gasteiger partial charge is 0.185 e. The average Bonchev–Trinajstić information content (AvgIpc) is 2.82. The summed E-state index contributed by atoms with van der Waals surface area (Å²) < 4.78 is 5.32. The third-order valence-electron chi connectivity index (χ3n) is 3.89. The first-order valence-electron chi connectivity index (χ1n) is 8.28. The van der Waals surface area contributed by atoms with Crippen LogP contribution in [-0.4, -0.2) is 31.7 Å². The molecule has 0 bridgehead atoms. The number of methoxy groups -OCH3 is 1. The van der Waals surface area contributed by atoms with Crippen LogP contribution < -0.4 is 10.2 Å². The summed E-state index contributed by atoms with van der Waals surface area (Å²) in [6.45, 7) is 7.10. The van der Waals surface area contributed by atoms with Gasteiger partial charge < -0.3 is 15.0 Å². The Morgan fingerprint density at radius 1 is 1.19 bits per heavy atom. The largest absolute Gasteiger partial charge is 0.378 e. The summed E-state index contributed by atoms with van der Waals surface area (Å²) in [6, 6.07) is 0. The minimum Gasteiger partial charge on any atom is -0.378 e. The predicted octanol–water partition coefficient (Wildman–Crippen LogP) is 3.56. The highest BCUT2D eigenvalue weighted by Crippen LogP contribution is 2.28. The molecule has 0 saturated carbocycles. The van der Waals surface area contributed by atoms with E-state index in [4.69, 9.17) is 9.72 Å². The van der Waals surface area contributed by atoms with Crippen molar-refractivity contribution in [1.82, 2.24) is 10.3 Å². The third kappa shape index (κ3) is 5.24. The summed E-state index contributed by atoms with van der Waals surface area (Å²) in [5, 5.41) is 4.68. The standard InChI is InChI=1S/C16H29N3OS/c1-3-9-17-12-15-14(13-20-2)18-16(21-15)19-10-7-5-4-6-8-11-19/h17H,3-13H2,1-2H3. The molecule has 0 amide bonds. The quantitative estimate of drug-likeness (QED) is 0.781. The molecule has 1 aromatic heterocycles. The molecule has 1 N–H and O–H groups in total. The van der Waals surface area contributed by atoms with Crippen LogP contribution in [0.25, 0.3) is 0 Å². The first-order valence-corrected chi connectivity index (χ1v) is 9.10. The number of aromatic nitrogens is 1. The molecule has 0 unspecified atom stereocenters. The van der Waals surface area contributed by atoms with E-state index in [0.29, 0.717) is 6.61 Å². The Bertz CT molecular complexity index is 400. The van der Waals surface area contributed by atoms with Gasteiger partial charge in [-0.25, -0.2) is 4.98 Å². The van der Waals surface area contributed by atoms with Crippen LogP contribution in [0.15, 0.2) is 0 Å². The van der Waals surface area contributed by atoms with Gasteiger partial charge in [0.1, 0.15) is 0 Å². The fraction of sp³-hybridized carbons (Fsp3) is 0.812. The van der Waals surface area contributed by atoms with Crippen LogP contribution in [0.4, 0.5) is 5.13 Å². The Morgan fingerprint density at radius 3 is 2.57 bits per heavy atom. The van der Waals surface area contributed by atoms with E-state index >= 15 is 0 Å². The van der Waals surface area contributed by atoms with Gasteiger partial charge in [-0.1, -0.05) is 26.2 Å². The normalized spacial score (nSPS) is 16.8. The number of nitrogens with zero attached hydrogens (tertiary/aromatic N) is 2. The molecule has 0 aromatic carbocycles. The van der Waals surface area contributed by atoms with Crippen molar-refractivity contribution < 1.29 is 4.74 Å². The Balaban J connectivity index is 2.04. The zero-order valence-corrected chi connectivity index (χ0v) is 14.3. The Labute approximate surface area is 132 Å². The van der Waals surface area contributed by atoms with Crippen molar-refractivity contribution in [3.05, 3.63) is 10.6 Å². The molecule has 0 atom stereocenters. The van der Waals surface area contributed by atoms with Gasteiger partial charge >= 0.3 is 0 Å². The molecule has 1 fully saturated rings. The van der Waals surface area contributed by atoms with Crippen LogP contribution in [0.5, 0.6) is 0 Å². The SMILES string of the molecule is CCCNCc1sc(N2CCCCCCC2)nc1COC. The van der Waals surface area contributed by atoms with Gasteiger partial charge in [0, 0.05) is 31.6 Å². The molecule has 0 radical (unpaired) electrons. The maximum absolute atomic E-state index is 5.32. The van der Waals surface area contributed by atoms with Gasteiger partial charge in [0.25, 0.3) is 0 Å². The van der Waals surface area contributed by atoms with Crippen molar-refractivity contribution in [2.45, 2.75) is 58.6 Å². The van der Waals surface area contributed by atoms with Crippen molar-refractivity contribution in [3.63, 3.8) is 0 Å². The highest BCUT2D eigenvalue weighted by molar-refractivity contribution is 7.15. The summed E-state index contributed by atoms with van der Waals surface area (Å²) in [5.74, 6) is 0. The van der Waals surface area contributed by atoms with Gasteiger partial charge in [0.2, 0.25) is 0 Å². The van der Waals surface area contributed by atoms with Gasteiger partial charge in [-0.15, -0.1) is 11.3 Å². The Morgan fingerprint density at radius 2 is 1.90 bits per heavy atom. The lowest BCUT2D eigenvalue weighted by molar-refractivity contribution is 0.181. The lowest BCUT2D eigenvalue weighted by Gasteiger charge is -2.23. The maximum atomic E-state index is 5.32. The first kappa shape index (κ1) is 16.7. The fourth-order valence-electron chi connectivity index (χ4n) is 2.71. The van der Waals surface area contributed by atoms with Crippen LogP contribution >= 0.6 is 11.3 Å². The van der Waals surface area contributed by atoms with Crippen molar-refractivity contribution >= 4 is 16.5 Å². The number of hydrogen-bond acceptors (Lipinski definition) is 5. The van der Waals surface area contributed by atoms with Crippen LogP contribution in [0.2, 0.25) is 0 Å². The third-order valence-corrected chi connectivity index (χ3v) is 5.05. The summed E-state index contributed by atoms with van der Waals surface area (Å²) in [6.07, 6.45) is 7.87. The fourth-order valence-corrected chi connectivity index (χ4v) is 3.79. The minimum atomic E-state index is 0.619. The molecule has 2 heterocycles. The van der Waals surface area contributed by atoms with Gasteiger partial charge in [-0.2, -0.15) is 0 Å². The molecule has 21 heavy (non-hydrogen) atoms. The number of rotatable bonds is 7. The van der Waals surface area contributed by atoms with Gasteiger partial charge in [0.05, 0.1) is 12.3 Å². The van der Waals surface area contributed by atoms with Crippen LogP contribution in [0.3, 0.4) is 0 Å². The van der Waals surface area contributed by atoms with Gasteiger partial charge in [-0.05, 0) is 25.8 Å². The molecule has 4 nitrogen and oxygen atoms in total. The molecular formula is C16H29N3OS. The number of anilines is 1. The summed E-state index contributed by atoms with van der Waals surface area (Å²) in [5.41, 5.74) is 1.11. The molecule has 0 aliphatic carbocycles. The molecule has 120 valence electrons. The molecule has 2 rings (SSSR count). The Hall–Kier alpha value is -0.650. The van der Waals surface area contributed by atoms with E-state index in [0.717, 1.165) is 38.3 Å². The summed E-state index contributed by atoms with van der Waals surface area (Å²) in [4.78, 5) is 8.67. The molecule has 0 spiro atoms. The number of ether oxygens (including phenoxy) is 1. The number of thiazole rings is 1. The lowest BCUT2D eigenvalue weighted by Crippen LogP contribution is -2.26. The second-order valence-electron chi connectivity index (χ2n) is 5.73. The molecule has 1 aromatic rings. The maximum Gasteiger partial charge on any atom is 0.185 e. The molecule has 1 saturated heterocycles. The van der Waals surface area contributed by atoms with E-state index < -0.39 is 0 Å². The van der Waals surface area contributed by atoms with E-state index in [1.54, 1.807) is 7.11 Å². The first-order chi connectivity index (χ1) is 10.3. The lowest BCUT2D eigenvalue weighted by atomic mass is 10.1. The van der Waals surface area contributed by atoms with Crippen molar-refractivity contribution in [2.24, 2.45) is 0 Å².